The van der Waals surface area contributed by atoms with Gasteiger partial charge in [-0.25, -0.2) is 4.98 Å². The van der Waals surface area contributed by atoms with Crippen molar-refractivity contribution in [1.29, 1.82) is 5.41 Å². The molecule has 1 aromatic heterocycles. The first-order valence-electron chi connectivity index (χ1n) is 6.19. The highest BCUT2D eigenvalue weighted by molar-refractivity contribution is 7.17. The second-order valence-electron chi connectivity index (χ2n) is 4.15. The van der Waals surface area contributed by atoms with Crippen LogP contribution in [0.3, 0.4) is 0 Å². The number of nitrogens with zero attached hydrogens (tertiary/aromatic N) is 1. The number of hydrogen-bond donors (Lipinski definition) is 2. The van der Waals surface area contributed by atoms with Crippen LogP contribution in [0.15, 0.2) is 18.2 Å². The number of rotatable bonds is 5. The molecule has 0 atom stereocenters. The van der Waals surface area contributed by atoms with Crippen LogP contribution in [0.25, 0.3) is 10.6 Å². The number of methoxy groups -OCH3 is 1. The summed E-state index contributed by atoms with van der Waals surface area (Å²) in [6.45, 7) is 4.36. The molecule has 1 aromatic carbocycles. The Balaban J connectivity index is 2.42. The number of thiazole rings is 1. The fourth-order valence-corrected chi connectivity index (χ4v) is 2.77. The van der Waals surface area contributed by atoms with E-state index in [-0.39, 0.29) is 5.84 Å². The fourth-order valence-electron chi connectivity index (χ4n) is 1.85. The van der Waals surface area contributed by atoms with E-state index in [1.807, 2.05) is 32.0 Å². The van der Waals surface area contributed by atoms with Crippen LogP contribution in [0.2, 0.25) is 0 Å². The van der Waals surface area contributed by atoms with Gasteiger partial charge in [-0.1, -0.05) is 0 Å². The molecule has 2 rings (SSSR count). The normalized spacial score (nSPS) is 10.3. The molecule has 1 heterocycles. The number of aryl methyl sites for hydroxylation is 1. The predicted octanol–water partition coefficient (Wildman–Crippen LogP) is 2.81. The van der Waals surface area contributed by atoms with E-state index in [0.29, 0.717) is 23.0 Å². The minimum absolute atomic E-state index is 0.0455. The van der Waals surface area contributed by atoms with Crippen molar-refractivity contribution in [2.24, 2.45) is 5.73 Å². The molecule has 0 unspecified atom stereocenters. The van der Waals surface area contributed by atoms with Gasteiger partial charge in [0.2, 0.25) is 0 Å². The average molecular weight is 291 g/mol. The van der Waals surface area contributed by atoms with Crippen LogP contribution >= 0.6 is 11.3 Å². The lowest BCUT2D eigenvalue weighted by molar-refractivity contribution is 0.311. The van der Waals surface area contributed by atoms with Gasteiger partial charge in [-0.2, -0.15) is 0 Å². The molecular formula is C14H17N3O2S. The fraction of sp³-hybridized carbons (Fsp3) is 0.286. The van der Waals surface area contributed by atoms with Crippen molar-refractivity contribution in [3.05, 3.63) is 28.8 Å². The van der Waals surface area contributed by atoms with Crippen LogP contribution in [-0.2, 0) is 0 Å². The summed E-state index contributed by atoms with van der Waals surface area (Å²) in [6, 6.07) is 5.67. The molecule has 20 heavy (non-hydrogen) atoms. The topological polar surface area (TPSA) is 81.2 Å². The van der Waals surface area contributed by atoms with E-state index in [2.05, 4.69) is 4.98 Å². The average Bonchev–Trinajstić information content (AvgIpc) is 2.82. The third kappa shape index (κ3) is 2.75. The molecule has 0 saturated heterocycles. The molecule has 6 heteroatoms. The van der Waals surface area contributed by atoms with Crippen molar-refractivity contribution in [3.63, 3.8) is 0 Å². The molecule has 0 amide bonds. The summed E-state index contributed by atoms with van der Waals surface area (Å²) in [5.74, 6) is 1.42. The molecule has 5 nitrogen and oxygen atoms in total. The van der Waals surface area contributed by atoms with Crippen molar-refractivity contribution in [1.82, 2.24) is 4.98 Å². The maximum Gasteiger partial charge on any atom is 0.161 e. The zero-order valence-electron chi connectivity index (χ0n) is 11.7. The van der Waals surface area contributed by atoms with Gasteiger partial charge < -0.3 is 15.2 Å². The number of nitrogens with two attached hydrogens (primary N) is 1. The van der Waals surface area contributed by atoms with Crippen molar-refractivity contribution >= 4 is 17.2 Å². The quantitative estimate of drug-likeness (QED) is 0.655. The SMILES string of the molecule is CCOc1ccc(-c2nc(C)c(C(=N)N)s2)cc1OC. The monoisotopic (exact) mass is 291 g/mol. The molecule has 2 aromatic rings. The third-order valence-electron chi connectivity index (χ3n) is 2.75. The van der Waals surface area contributed by atoms with E-state index in [1.54, 1.807) is 7.11 Å². The summed E-state index contributed by atoms with van der Waals surface area (Å²) in [6.07, 6.45) is 0. The standard InChI is InChI=1S/C14H17N3O2S/c1-4-19-10-6-5-9(7-11(10)18-3)14-17-8(2)12(20-14)13(15)16/h5-7H,4H2,1-3H3,(H3,15,16). The first-order chi connectivity index (χ1) is 9.56. The number of amidine groups is 1. The van der Waals surface area contributed by atoms with Crippen LogP contribution in [0, 0.1) is 12.3 Å². The smallest absolute Gasteiger partial charge is 0.161 e. The van der Waals surface area contributed by atoms with Gasteiger partial charge in [0.1, 0.15) is 10.8 Å². The summed E-state index contributed by atoms with van der Waals surface area (Å²) >= 11 is 1.40. The number of benzene rings is 1. The number of ether oxygens (including phenoxy) is 2. The van der Waals surface area contributed by atoms with E-state index in [1.165, 1.54) is 11.3 Å². The Bertz CT molecular complexity index is 637. The number of hydrogen-bond acceptors (Lipinski definition) is 5. The van der Waals surface area contributed by atoms with Gasteiger partial charge in [-0.3, -0.25) is 5.41 Å². The Morgan fingerprint density at radius 2 is 2.15 bits per heavy atom. The Morgan fingerprint density at radius 1 is 1.40 bits per heavy atom. The second kappa shape index (κ2) is 5.92. The zero-order valence-corrected chi connectivity index (χ0v) is 12.5. The highest BCUT2D eigenvalue weighted by atomic mass is 32.1. The van der Waals surface area contributed by atoms with Crippen LogP contribution in [0.5, 0.6) is 11.5 Å². The molecule has 106 valence electrons. The van der Waals surface area contributed by atoms with Crippen molar-refractivity contribution in [3.8, 4) is 22.1 Å². The Morgan fingerprint density at radius 3 is 2.70 bits per heavy atom. The van der Waals surface area contributed by atoms with Crippen molar-refractivity contribution < 1.29 is 9.47 Å². The van der Waals surface area contributed by atoms with Gasteiger partial charge in [-0.05, 0) is 32.0 Å². The molecule has 0 spiro atoms. The molecule has 0 radical (unpaired) electrons. The van der Waals surface area contributed by atoms with E-state index >= 15 is 0 Å². The van der Waals surface area contributed by atoms with Crippen molar-refractivity contribution in [2.75, 3.05) is 13.7 Å². The van der Waals surface area contributed by atoms with E-state index in [0.717, 1.165) is 16.3 Å². The molecule has 0 aliphatic rings. The van der Waals surface area contributed by atoms with Gasteiger partial charge in [0.25, 0.3) is 0 Å². The van der Waals surface area contributed by atoms with Gasteiger partial charge >= 0.3 is 0 Å². The zero-order chi connectivity index (χ0) is 14.7. The minimum Gasteiger partial charge on any atom is -0.493 e. The molecule has 3 N–H and O–H groups in total. The Hall–Kier alpha value is -2.08. The minimum atomic E-state index is 0.0455. The van der Waals surface area contributed by atoms with Crippen LogP contribution in [0.1, 0.15) is 17.5 Å². The van der Waals surface area contributed by atoms with E-state index in [4.69, 9.17) is 20.6 Å². The highest BCUT2D eigenvalue weighted by Gasteiger charge is 2.13. The van der Waals surface area contributed by atoms with Gasteiger partial charge in [0.15, 0.2) is 11.5 Å². The summed E-state index contributed by atoms with van der Waals surface area (Å²) < 4.78 is 10.8. The molecule has 0 bridgehead atoms. The first kappa shape index (κ1) is 14.3. The van der Waals surface area contributed by atoms with E-state index in [9.17, 15) is 0 Å². The largest absolute Gasteiger partial charge is 0.493 e. The number of nitrogens with one attached hydrogen (secondary N) is 1. The molecule has 0 aliphatic carbocycles. The van der Waals surface area contributed by atoms with Gasteiger partial charge in [0, 0.05) is 5.56 Å². The third-order valence-corrected chi connectivity index (χ3v) is 3.99. The summed E-state index contributed by atoms with van der Waals surface area (Å²) in [7, 11) is 1.61. The number of aromatic nitrogens is 1. The summed E-state index contributed by atoms with van der Waals surface area (Å²) in [4.78, 5) is 5.16. The molecule has 0 aliphatic heterocycles. The van der Waals surface area contributed by atoms with Crippen LogP contribution in [0.4, 0.5) is 0 Å². The summed E-state index contributed by atoms with van der Waals surface area (Å²) in [5.41, 5.74) is 7.23. The maximum absolute atomic E-state index is 7.52. The molecular weight excluding hydrogens is 274 g/mol. The van der Waals surface area contributed by atoms with E-state index < -0.39 is 0 Å². The summed E-state index contributed by atoms with van der Waals surface area (Å²) in [5, 5.41) is 8.34. The second-order valence-corrected chi connectivity index (χ2v) is 5.14. The Kier molecular flexibility index (Phi) is 4.24. The first-order valence-corrected chi connectivity index (χ1v) is 7.01. The maximum atomic E-state index is 7.52. The molecule has 0 saturated carbocycles. The van der Waals surface area contributed by atoms with Gasteiger partial charge in [-0.15, -0.1) is 11.3 Å². The lowest BCUT2D eigenvalue weighted by Crippen LogP contribution is -2.10. The van der Waals surface area contributed by atoms with Crippen LogP contribution in [-0.4, -0.2) is 24.5 Å². The lowest BCUT2D eigenvalue weighted by Gasteiger charge is -2.09. The Labute approximate surface area is 121 Å². The van der Waals surface area contributed by atoms with Crippen molar-refractivity contribution in [2.45, 2.75) is 13.8 Å². The lowest BCUT2D eigenvalue weighted by atomic mass is 10.2. The number of nitrogen functional groups attached to an aromatic ring is 1. The predicted molar refractivity (Wildman–Crippen MR) is 81.0 cm³/mol. The molecule has 0 fully saturated rings. The van der Waals surface area contributed by atoms with Crippen LogP contribution < -0.4 is 15.2 Å². The highest BCUT2D eigenvalue weighted by Crippen LogP contribution is 2.35. The van der Waals surface area contributed by atoms with Gasteiger partial charge in [0.05, 0.1) is 24.3 Å².